The lowest BCUT2D eigenvalue weighted by molar-refractivity contribution is -0.137. The molecule has 9 heteroatoms. The number of benzene rings is 2. The van der Waals surface area contributed by atoms with Gasteiger partial charge in [-0.15, -0.1) is 10.2 Å². The SMILES string of the molecule is O=C(CCc1nnc(-c2ccc(C(F)(F)F)cc2)[nH]c1=O)N1CCC(Cc2ccccc2)CC1. The van der Waals surface area contributed by atoms with Gasteiger partial charge < -0.3 is 9.88 Å². The number of amides is 1. The number of carbonyl (C=O) groups excluding carboxylic acids is 1. The maximum Gasteiger partial charge on any atom is 0.416 e. The van der Waals surface area contributed by atoms with Crippen LogP contribution < -0.4 is 5.56 Å². The summed E-state index contributed by atoms with van der Waals surface area (Å²) < 4.78 is 38.1. The Morgan fingerprint density at radius 3 is 2.29 bits per heavy atom. The van der Waals surface area contributed by atoms with Gasteiger partial charge in [0.2, 0.25) is 5.91 Å². The predicted molar refractivity (Wildman–Crippen MR) is 121 cm³/mol. The molecule has 1 aliphatic heterocycles. The second-order valence-corrected chi connectivity index (χ2v) is 8.54. The molecule has 1 aromatic heterocycles. The van der Waals surface area contributed by atoms with E-state index < -0.39 is 17.3 Å². The second-order valence-electron chi connectivity index (χ2n) is 8.54. The molecule has 34 heavy (non-hydrogen) atoms. The molecule has 6 nitrogen and oxygen atoms in total. The fourth-order valence-corrected chi connectivity index (χ4v) is 4.19. The number of hydrogen-bond acceptors (Lipinski definition) is 4. The first kappa shape index (κ1) is 23.7. The summed E-state index contributed by atoms with van der Waals surface area (Å²) >= 11 is 0. The summed E-state index contributed by atoms with van der Waals surface area (Å²) in [6.07, 6.45) is -1.23. The fraction of sp³-hybridized carbons (Fsp3) is 0.360. The van der Waals surface area contributed by atoms with Crippen molar-refractivity contribution in [2.45, 2.75) is 38.3 Å². The largest absolute Gasteiger partial charge is 0.416 e. The zero-order chi connectivity index (χ0) is 24.1. The van der Waals surface area contributed by atoms with Gasteiger partial charge in [0.25, 0.3) is 5.56 Å². The summed E-state index contributed by atoms with van der Waals surface area (Å²) in [6.45, 7) is 1.40. The van der Waals surface area contributed by atoms with Gasteiger partial charge in [-0.1, -0.05) is 42.5 Å². The third-order valence-electron chi connectivity index (χ3n) is 6.16. The van der Waals surface area contributed by atoms with Gasteiger partial charge in [-0.25, -0.2) is 0 Å². The molecule has 3 aromatic rings. The highest BCUT2D eigenvalue weighted by atomic mass is 19.4. The van der Waals surface area contributed by atoms with Crippen LogP contribution in [0.5, 0.6) is 0 Å². The monoisotopic (exact) mass is 470 g/mol. The summed E-state index contributed by atoms with van der Waals surface area (Å²) in [5, 5.41) is 7.85. The van der Waals surface area contributed by atoms with Crippen LogP contribution >= 0.6 is 0 Å². The van der Waals surface area contributed by atoms with Crippen LogP contribution in [0, 0.1) is 5.92 Å². The molecule has 1 fully saturated rings. The Morgan fingerprint density at radius 1 is 1.00 bits per heavy atom. The molecule has 2 aromatic carbocycles. The Labute approximate surface area is 194 Å². The highest BCUT2D eigenvalue weighted by Crippen LogP contribution is 2.30. The Morgan fingerprint density at radius 2 is 1.68 bits per heavy atom. The minimum atomic E-state index is -4.44. The summed E-state index contributed by atoms with van der Waals surface area (Å²) in [5.74, 6) is 0.610. The van der Waals surface area contributed by atoms with Crippen LogP contribution in [-0.4, -0.2) is 39.1 Å². The molecule has 0 spiro atoms. The standard InChI is InChI=1S/C25H25F3N4O2/c26-25(27,28)20-8-6-19(7-9-20)23-29-24(34)21(30-31-23)10-11-22(33)32-14-12-18(13-15-32)16-17-4-2-1-3-5-17/h1-9,18H,10-16H2,(H,29,31,34). The first-order chi connectivity index (χ1) is 16.3. The lowest BCUT2D eigenvalue weighted by Crippen LogP contribution is -2.39. The number of aromatic nitrogens is 3. The number of nitrogens with zero attached hydrogens (tertiary/aromatic N) is 3. The lowest BCUT2D eigenvalue weighted by Gasteiger charge is -2.32. The highest BCUT2D eigenvalue weighted by Gasteiger charge is 2.30. The molecule has 0 bridgehead atoms. The van der Waals surface area contributed by atoms with Crippen LogP contribution in [0.25, 0.3) is 11.4 Å². The number of rotatable bonds is 6. The average Bonchev–Trinajstić information content (AvgIpc) is 2.84. The van der Waals surface area contributed by atoms with Crippen molar-refractivity contribution in [3.8, 4) is 11.4 Å². The number of H-pyrrole nitrogens is 1. The van der Waals surface area contributed by atoms with Crippen molar-refractivity contribution in [1.82, 2.24) is 20.1 Å². The molecule has 0 atom stereocenters. The van der Waals surface area contributed by atoms with Gasteiger partial charge in [-0.2, -0.15) is 13.2 Å². The number of halogens is 3. The molecule has 4 rings (SSSR count). The van der Waals surface area contributed by atoms with E-state index in [1.165, 1.54) is 17.7 Å². The molecule has 1 N–H and O–H groups in total. The molecule has 0 aliphatic carbocycles. The molecule has 1 saturated heterocycles. The van der Waals surface area contributed by atoms with Crippen molar-refractivity contribution in [2.24, 2.45) is 5.92 Å². The number of nitrogens with one attached hydrogen (secondary N) is 1. The highest BCUT2D eigenvalue weighted by molar-refractivity contribution is 5.76. The maximum absolute atomic E-state index is 12.7. The van der Waals surface area contributed by atoms with Gasteiger partial charge in [-0.3, -0.25) is 9.59 Å². The quantitative estimate of drug-likeness (QED) is 0.584. The molecule has 1 amide bonds. The first-order valence-corrected chi connectivity index (χ1v) is 11.2. The molecule has 0 saturated carbocycles. The predicted octanol–water partition coefficient (Wildman–Crippen LogP) is 4.26. The third kappa shape index (κ3) is 5.89. The normalized spacial score (nSPS) is 14.9. The van der Waals surface area contributed by atoms with Crippen LogP contribution in [0.2, 0.25) is 0 Å². The van der Waals surface area contributed by atoms with E-state index in [0.29, 0.717) is 24.6 Å². The lowest BCUT2D eigenvalue weighted by atomic mass is 9.90. The van der Waals surface area contributed by atoms with Gasteiger partial charge in [0, 0.05) is 31.5 Å². The third-order valence-corrected chi connectivity index (χ3v) is 6.16. The Bertz CT molecular complexity index is 1170. The van der Waals surface area contributed by atoms with Crippen LogP contribution in [0.3, 0.4) is 0 Å². The molecule has 2 heterocycles. The van der Waals surface area contributed by atoms with Gasteiger partial charge in [0.15, 0.2) is 5.82 Å². The Hall–Kier alpha value is -3.49. The molecule has 1 aliphatic rings. The van der Waals surface area contributed by atoms with Crippen molar-refractivity contribution in [3.05, 3.63) is 81.8 Å². The minimum Gasteiger partial charge on any atom is -0.343 e. The van der Waals surface area contributed by atoms with Crippen molar-refractivity contribution in [3.63, 3.8) is 0 Å². The first-order valence-electron chi connectivity index (χ1n) is 11.2. The van der Waals surface area contributed by atoms with Crippen LogP contribution in [-0.2, 0) is 23.8 Å². The number of alkyl halides is 3. The van der Waals surface area contributed by atoms with E-state index in [1.807, 2.05) is 23.1 Å². The number of aromatic amines is 1. The van der Waals surface area contributed by atoms with Gasteiger partial charge in [0.1, 0.15) is 5.69 Å². The maximum atomic E-state index is 12.7. The van der Waals surface area contributed by atoms with Crippen molar-refractivity contribution in [1.29, 1.82) is 0 Å². The Balaban J connectivity index is 1.29. The average molecular weight is 470 g/mol. The van der Waals surface area contributed by atoms with Crippen molar-refractivity contribution in [2.75, 3.05) is 13.1 Å². The van der Waals surface area contributed by atoms with E-state index in [1.54, 1.807) is 0 Å². The van der Waals surface area contributed by atoms with E-state index in [0.717, 1.165) is 31.4 Å². The van der Waals surface area contributed by atoms with E-state index in [-0.39, 0.29) is 30.3 Å². The molecular formula is C25H25F3N4O2. The van der Waals surface area contributed by atoms with Crippen LogP contribution in [0.15, 0.2) is 59.4 Å². The second kappa shape index (κ2) is 10.2. The summed E-state index contributed by atoms with van der Waals surface area (Å²) in [4.78, 5) is 29.4. The topological polar surface area (TPSA) is 79.0 Å². The zero-order valence-electron chi connectivity index (χ0n) is 18.5. The molecule has 0 unspecified atom stereocenters. The van der Waals surface area contributed by atoms with Crippen molar-refractivity contribution < 1.29 is 18.0 Å². The molecular weight excluding hydrogens is 445 g/mol. The van der Waals surface area contributed by atoms with E-state index in [2.05, 4.69) is 27.3 Å². The fourth-order valence-electron chi connectivity index (χ4n) is 4.19. The molecule has 0 radical (unpaired) electrons. The van der Waals surface area contributed by atoms with E-state index >= 15 is 0 Å². The number of hydrogen-bond donors (Lipinski definition) is 1. The molecule has 178 valence electrons. The van der Waals surface area contributed by atoms with Gasteiger partial charge in [0.05, 0.1) is 5.56 Å². The minimum absolute atomic E-state index is 0.0221. The summed E-state index contributed by atoms with van der Waals surface area (Å²) in [7, 11) is 0. The number of piperidine rings is 1. The van der Waals surface area contributed by atoms with Crippen LogP contribution in [0.1, 0.15) is 36.1 Å². The zero-order valence-corrected chi connectivity index (χ0v) is 18.5. The summed E-state index contributed by atoms with van der Waals surface area (Å²) in [6, 6.07) is 14.6. The van der Waals surface area contributed by atoms with Gasteiger partial charge >= 0.3 is 6.18 Å². The summed E-state index contributed by atoms with van der Waals surface area (Å²) in [5.41, 5.74) is 0.469. The smallest absolute Gasteiger partial charge is 0.343 e. The van der Waals surface area contributed by atoms with Gasteiger partial charge in [-0.05, 0) is 42.9 Å². The van der Waals surface area contributed by atoms with E-state index in [9.17, 15) is 22.8 Å². The number of aryl methyl sites for hydroxylation is 1. The Kier molecular flexibility index (Phi) is 7.09. The van der Waals surface area contributed by atoms with Crippen molar-refractivity contribution >= 4 is 5.91 Å². The number of carbonyl (C=O) groups is 1. The van der Waals surface area contributed by atoms with E-state index in [4.69, 9.17) is 0 Å². The van der Waals surface area contributed by atoms with Crippen LogP contribution in [0.4, 0.5) is 13.2 Å². The number of likely N-dealkylation sites (tertiary alicyclic amines) is 1.